The van der Waals surface area contributed by atoms with E-state index in [0.717, 1.165) is 86.1 Å². The predicted molar refractivity (Wildman–Crippen MR) is 279 cm³/mol. The van der Waals surface area contributed by atoms with Gasteiger partial charge < -0.3 is 28.4 Å². The van der Waals surface area contributed by atoms with Gasteiger partial charge in [-0.2, -0.15) is 13.2 Å². The molecule has 0 bridgehead atoms. The van der Waals surface area contributed by atoms with Crippen LogP contribution in [0.15, 0.2) is 133 Å². The van der Waals surface area contributed by atoms with Crippen molar-refractivity contribution < 1.29 is 32.1 Å². The molecule has 1 saturated heterocycles. The molecule has 7 aromatic carbocycles. The van der Waals surface area contributed by atoms with Crippen LogP contribution in [0.25, 0.3) is 44.3 Å². The van der Waals surface area contributed by atoms with E-state index in [-0.39, 0.29) is 10.8 Å². The first-order valence-corrected chi connectivity index (χ1v) is 24.3. The van der Waals surface area contributed by atoms with Crippen molar-refractivity contribution in [2.24, 2.45) is 11.8 Å². The Labute approximate surface area is 409 Å². The molecule has 3 heterocycles. The van der Waals surface area contributed by atoms with Gasteiger partial charge in [-0.05, 0) is 131 Å². The van der Waals surface area contributed by atoms with Crippen LogP contribution in [0.3, 0.4) is 0 Å². The van der Waals surface area contributed by atoms with Crippen molar-refractivity contribution in [3.05, 3.63) is 167 Å². The first kappa shape index (κ1) is 46.8. The summed E-state index contributed by atoms with van der Waals surface area (Å²) in [5.41, 5.74) is 5.27. The van der Waals surface area contributed by atoms with Gasteiger partial charge in [-0.3, -0.25) is 0 Å². The monoisotopic (exact) mass is 942 g/mol. The van der Waals surface area contributed by atoms with E-state index in [0.29, 0.717) is 45.7 Å². The third kappa shape index (κ3) is 8.31. The zero-order valence-electron chi connectivity index (χ0n) is 41.7. The summed E-state index contributed by atoms with van der Waals surface area (Å²) in [6.07, 6.45) is 0.755. The van der Waals surface area contributed by atoms with Crippen molar-refractivity contribution in [3.63, 3.8) is 0 Å². The lowest BCUT2D eigenvalue weighted by Gasteiger charge is -2.38. The van der Waals surface area contributed by atoms with E-state index in [4.69, 9.17) is 18.9 Å². The number of halogens is 3. The number of hydrogen-bond acceptors (Lipinski definition) is 5. The fourth-order valence-corrected chi connectivity index (χ4v) is 10.7. The molecule has 0 amide bonds. The Morgan fingerprint density at radius 1 is 0.614 bits per heavy atom. The Balaban J connectivity index is 1.31. The number of piperidine rings is 1. The third-order valence-electron chi connectivity index (χ3n) is 14.3. The molecule has 9 heteroatoms. The number of anilines is 1. The first-order valence-electron chi connectivity index (χ1n) is 24.3. The smallest absolute Gasteiger partial charge is 0.416 e. The highest BCUT2D eigenvalue weighted by atomic mass is 19.4. The van der Waals surface area contributed by atoms with Crippen LogP contribution in [0.2, 0.25) is 0 Å². The Bertz CT molecular complexity index is 3260. The molecule has 0 saturated carbocycles. The molecule has 8 aromatic rings. The van der Waals surface area contributed by atoms with E-state index in [9.17, 15) is 13.2 Å². The third-order valence-corrected chi connectivity index (χ3v) is 14.3. The summed E-state index contributed by atoms with van der Waals surface area (Å²) < 4.78 is 72.7. The molecule has 0 spiro atoms. The van der Waals surface area contributed by atoms with Crippen molar-refractivity contribution >= 4 is 44.3 Å². The minimum absolute atomic E-state index is 0.264. The van der Waals surface area contributed by atoms with Crippen LogP contribution in [-0.2, 0) is 22.6 Å². The zero-order valence-corrected chi connectivity index (χ0v) is 41.7. The molecule has 360 valence electrons. The molecule has 0 N–H and O–H groups in total. The van der Waals surface area contributed by atoms with Gasteiger partial charge in [0.2, 0.25) is 0 Å². The van der Waals surface area contributed by atoms with Gasteiger partial charge in [-0.25, -0.2) is 0 Å². The first-order chi connectivity index (χ1) is 33.2. The normalized spacial score (nSPS) is 18.6. The van der Waals surface area contributed by atoms with Crippen molar-refractivity contribution in [1.29, 1.82) is 0 Å². The van der Waals surface area contributed by atoms with Crippen LogP contribution in [0.4, 0.5) is 18.9 Å². The number of rotatable bonds is 8. The maximum Gasteiger partial charge on any atom is 0.416 e. The number of alkyl halides is 3. The maximum atomic E-state index is 15.0. The number of fused-ring (bicyclic) bond motifs is 8. The number of nitrogens with zero attached hydrogens (tertiary/aromatic N) is 2. The lowest BCUT2D eigenvalue weighted by Crippen LogP contribution is -2.38. The van der Waals surface area contributed by atoms with E-state index in [1.54, 1.807) is 20.3 Å². The van der Waals surface area contributed by atoms with Crippen LogP contribution in [0.5, 0.6) is 28.7 Å². The van der Waals surface area contributed by atoms with Gasteiger partial charge >= 0.3 is 6.18 Å². The standard InChI is InChI=1S/C61H61F3N2O4/c1-37-28-38(2)36-65(35-37)53-33-50-51(34-54(53)68-10)57-49(26-27-60(70-57,39-14-12-11-13-15-39)40-16-19-46(20-17-40)69-47-23-21-45(67-9)22-24-47)56-55(50)48-25-18-41(61(62,63)64)32-52(48)66(56)44-30-42(58(3,4)5)29-43(31-44)59(6,7)8/h11-27,29-34,37-38H,28,35-36H2,1-10H3. The van der Waals surface area contributed by atoms with Crippen LogP contribution in [0, 0.1) is 11.8 Å². The molecule has 1 fully saturated rings. The fourth-order valence-electron chi connectivity index (χ4n) is 10.7. The number of methoxy groups -OCH3 is 2. The second-order valence-electron chi connectivity index (χ2n) is 21.6. The molecular weight excluding hydrogens is 882 g/mol. The van der Waals surface area contributed by atoms with Gasteiger partial charge in [0.25, 0.3) is 0 Å². The van der Waals surface area contributed by atoms with Crippen molar-refractivity contribution in [1.82, 2.24) is 4.57 Å². The summed E-state index contributed by atoms with van der Waals surface area (Å²) in [5.74, 6) is 4.27. The summed E-state index contributed by atoms with van der Waals surface area (Å²) >= 11 is 0. The molecular formula is C61H61F3N2O4. The molecule has 3 atom stereocenters. The van der Waals surface area contributed by atoms with Crippen LogP contribution in [0.1, 0.15) is 95.2 Å². The molecule has 10 rings (SSSR count). The minimum Gasteiger partial charge on any atom is -0.497 e. The molecule has 2 aliphatic rings. The van der Waals surface area contributed by atoms with Gasteiger partial charge in [0.05, 0.1) is 36.5 Å². The average molecular weight is 943 g/mol. The van der Waals surface area contributed by atoms with Gasteiger partial charge in [-0.1, -0.05) is 110 Å². The molecule has 0 radical (unpaired) electrons. The number of ether oxygens (including phenoxy) is 4. The SMILES string of the molecule is COc1ccc(Oc2ccc(C3(c4ccccc4)C=Cc4c(c5cc(OC)c(N6CC(C)CC(C)C6)cc5c5c6ccc(C(F)(F)F)cc6n(-c6cc(C(C)(C)C)cc(C(C)(C)C)c6)c45)O3)cc2)cc1. The Morgan fingerprint density at radius 3 is 1.80 bits per heavy atom. The zero-order chi connectivity index (χ0) is 49.5. The van der Waals surface area contributed by atoms with Crippen LogP contribution >= 0.6 is 0 Å². The maximum absolute atomic E-state index is 15.0. The molecule has 1 aromatic heterocycles. The highest BCUT2D eigenvalue weighted by molar-refractivity contribution is 6.26. The van der Waals surface area contributed by atoms with E-state index in [1.807, 2.05) is 66.7 Å². The second-order valence-corrected chi connectivity index (χ2v) is 21.6. The lowest BCUT2D eigenvalue weighted by atomic mass is 9.80. The van der Waals surface area contributed by atoms with Gasteiger partial charge in [0.15, 0.2) is 5.60 Å². The van der Waals surface area contributed by atoms with Gasteiger partial charge in [0.1, 0.15) is 28.7 Å². The predicted octanol–water partition coefficient (Wildman–Crippen LogP) is 16.2. The summed E-state index contributed by atoms with van der Waals surface area (Å²) in [6, 6.07) is 40.6. The second kappa shape index (κ2) is 17.2. The van der Waals surface area contributed by atoms with Crippen molar-refractivity contribution in [2.75, 3.05) is 32.2 Å². The summed E-state index contributed by atoms with van der Waals surface area (Å²) in [5, 5.41) is 3.22. The molecule has 2 aliphatic heterocycles. The van der Waals surface area contributed by atoms with Gasteiger partial charge in [-0.15, -0.1) is 0 Å². The molecule has 0 aliphatic carbocycles. The highest BCUT2D eigenvalue weighted by Gasteiger charge is 2.40. The lowest BCUT2D eigenvalue weighted by molar-refractivity contribution is -0.137. The Morgan fingerprint density at radius 2 is 1.21 bits per heavy atom. The van der Waals surface area contributed by atoms with E-state index in [1.165, 1.54) is 12.1 Å². The van der Waals surface area contributed by atoms with Gasteiger partial charge in [0, 0.05) is 51.6 Å². The summed E-state index contributed by atoms with van der Waals surface area (Å²) in [7, 11) is 3.34. The topological polar surface area (TPSA) is 45.1 Å². The number of hydrogen-bond donors (Lipinski definition) is 0. The minimum atomic E-state index is -4.57. The van der Waals surface area contributed by atoms with E-state index < -0.39 is 17.3 Å². The van der Waals surface area contributed by atoms with Crippen LogP contribution in [-0.4, -0.2) is 31.9 Å². The Kier molecular flexibility index (Phi) is 11.5. The number of aromatic nitrogens is 1. The average Bonchev–Trinajstić information content (AvgIpc) is 3.68. The summed E-state index contributed by atoms with van der Waals surface area (Å²) in [6.45, 7) is 19.3. The quantitative estimate of drug-likeness (QED) is 0.152. The van der Waals surface area contributed by atoms with E-state index in [2.05, 4.69) is 119 Å². The largest absolute Gasteiger partial charge is 0.497 e. The molecule has 70 heavy (non-hydrogen) atoms. The van der Waals surface area contributed by atoms with E-state index >= 15 is 0 Å². The summed E-state index contributed by atoms with van der Waals surface area (Å²) in [4.78, 5) is 2.41. The fraction of sp³-hybridized carbons (Fsp3) is 0.311. The highest BCUT2D eigenvalue weighted by Crippen LogP contribution is 2.54. The van der Waals surface area contributed by atoms with Crippen molar-refractivity contribution in [3.8, 4) is 34.4 Å². The number of benzene rings is 7. The van der Waals surface area contributed by atoms with Crippen molar-refractivity contribution in [2.45, 2.75) is 84.4 Å². The van der Waals surface area contributed by atoms with Crippen LogP contribution < -0.4 is 23.8 Å². The molecule has 3 unspecified atom stereocenters. The molecule has 6 nitrogen and oxygen atoms in total. The Hall–Kier alpha value is -6.87.